The first-order valence-electron chi connectivity index (χ1n) is 6.89. The van der Waals surface area contributed by atoms with Gasteiger partial charge in [-0.25, -0.2) is 4.39 Å². The number of aliphatic hydroxyl groups excluding tert-OH is 1. The van der Waals surface area contributed by atoms with Crippen molar-refractivity contribution >= 4 is 16.6 Å². The second-order valence-corrected chi connectivity index (χ2v) is 5.16. The number of halogens is 1. The van der Waals surface area contributed by atoms with E-state index >= 15 is 0 Å². The molecule has 0 saturated carbocycles. The third kappa shape index (κ3) is 2.20. The highest BCUT2D eigenvalue weighted by atomic mass is 19.1. The molecule has 0 aliphatic carbocycles. The minimum atomic E-state index is -0.438. The van der Waals surface area contributed by atoms with E-state index in [-0.39, 0.29) is 18.9 Å². The van der Waals surface area contributed by atoms with Gasteiger partial charge in [-0.15, -0.1) is 0 Å². The number of methoxy groups -OCH3 is 1. The number of nitrogens with one attached hydrogen (secondary N) is 1. The highest BCUT2D eigenvalue weighted by Gasteiger charge is 2.22. The Balaban J connectivity index is 2.44. The average Bonchev–Trinajstić information content (AvgIpc) is 2.50. The van der Waals surface area contributed by atoms with Gasteiger partial charge < -0.3 is 15.2 Å². The van der Waals surface area contributed by atoms with E-state index in [4.69, 9.17) is 4.74 Å². The van der Waals surface area contributed by atoms with Gasteiger partial charge in [0.15, 0.2) is 0 Å². The molecule has 3 rings (SSSR count). The minimum Gasteiger partial charge on any atom is -0.392 e. The summed E-state index contributed by atoms with van der Waals surface area (Å²) in [4.78, 5) is 12.6. The Bertz CT molecular complexity index is 755. The van der Waals surface area contributed by atoms with Crippen LogP contribution in [0.5, 0.6) is 0 Å². The number of hydrogen-bond donors (Lipinski definition) is 2. The summed E-state index contributed by atoms with van der Waals surface area (Å²) in [5.41, 5.74) is 1.89. The number of fused-ring (bicyclic) bond motifs is 3. The molecule has 2 heterocycles. The van der Waals surface area contributed by atoms with Crippen molar-refractivity contribution in [1.82, 2.24) is 4.57 Å². The molecular formula is C15H17FN2O3. The van der Waals surface area contributed by atoms with E-state index in [2.05, 4.69) is 5.32 Å². The van der Waals surface area contributed by atoms with E-state index in [1.165, 1.54) is 17.7 Å². The highest BCUT2D eigenvalue weighted by Crippen LogP contribution is 2.31. The van der Waals surface area contributed by atoms with Gasteiger partial charge in [0.25, 0.3) is 5.56 Å². The number of rotatable bonds is 3. The highest BCUT2D eigenvalue weighted by molar-refractivity contribution is 5.94. The number of anilines is 1. The first kappa shape index (κ1) is 14.0. The van der Waals surface area contributed by atoms with Gasteiger partial charge in [-0.05, 0) is 30.5 Å². The zero-order chi connectivity index (χ0) is 15.0. The fourth-order valence-corrected chi connectivity index (χ4v) is 2.89. The number of aromatic nitrogens is 1. The summed E-state index contributed by atoms with van der Waals surface area (Å²) in [6.45, 7) is 0.493. The van der Waals surface area contributed by atoms with Crippen molar-refractivity contribution in [3.05, 3.63) is 39.4 Å². The fourth-order valence-electron chi connectivity index (χ4n) is 2.89. The van der Waals surface area contributed by atoms with Crippen LogP contribution in [0.1, 0.15) is 17.5 Å². The van der Waals surface area contributed by atoms with Gasteiger partial charge in [-0.1, -0.05) is 0 Å². The molecule has 1 aromatic heterocycles. The van der Waals surface area contributed by atoms with Crippen LogP contribution in [0.4, 0.5) is 10.1 Å². The molecule has 1 aromatic carbocycles. The van der Waals surface area contributed by atoms with E-state index in [9.17, 15) is 14.3 Å². The summed E-state index contributed by atoms with van der Waals surface area (Å²) in [6, 6.07) is 2.94. The van der Waals surface area contributed by atoms with Crippen molar-refractivity contribution in [3.63, 3.8) is 0 Å². The Morgan fingerprint density at radius 1 is 1.48 bits per heavy atom. The van der Waals surface area contributed by atoms with E-state index in [1.54, 1.807) is 6.07 Å². The smallest absolute Gasteiger partial charge is 0.258 e. The third-order valence-corrected chi connectivity index (χ3v) is 3.82. The topological polar surface area (TPSA) is 63.5 Å². The Hall–Kier alpha value is -1.92. The molecule has 1 aliphatic heterocycles. The lowest BCUT2D eigenvalue weighted by molar-refractivity contribution is 0.131. The number of pyridine rings is 1. The maximum absolute atomic E-state index is 14.5. The molecule has 0 unspecified atom stereocenters. The predicted molar refractivity (Wildman–Crippen MR) is 77.9 cm³/mol. The molecule has 0 fully saturated rings. The van der Waals surface area contributed by atoms with Crippen molar-refractivity contribution in [3.8, 4) is 0 Å². The Morgan fingerprint density at radius 3 is 3.00 bits per heavy atom. The van der Waals surface area contributed by atoms with E-state index in [0.717, 1.165) is 13.0 Å². The quantitative estimate of drug-likeness (QED) is 0.902. The Morgan fingerprint density at radius 2 is 2.29 bits per heavy atom. The molecule has 2 aromatic rings. The van der Waals surface area contributed by atoms with Crippen LogP contribution in [0.15, 0.2) is 16.9 Å². The van der Waals surface area contributed by atoms with Crippen LogP contribution >= 0.6 is 0 Å². The van der Waals surface area contributed by atoms with Crippen LogP contribution in [0, 0.1) is 5.82 Å². The maximum Gasteiger partial charge on any atom is 0.258 e. The predicted octanol–water partition coefficient (Wildman–Crippen LogP) is 1.59. The molecule has 112 valence electrons. The van der Waals surface area contributed by atoms with Gasteiger partial charge >= 0.3 is 0 Å². The molecule has 6 heteroatoms. The van der Waals surface area contributed by atoms with Crippen LogP contribution in [-0.2, 0) is 24.5 Å². The number of ether oxygens (including phenoxy) is 1. The Kier molecular flexibility index (Phi) is 3.65. The summed E-state index contributed by atoms with van der Waals surface area (Å²) in [6.07, 6.45) is 1.47. The molecule has 5 nitrogen and oxygen atoms in total. The lowest BCUT2D eigenvalue weighted by Crippen LogP contribution is -2.29. The van der Waals surface area contributed by atoms with Gasteiger partial charge in [0.1, 0.15) is 12.5 Å². The first-order valence-corrected chi connectivity index (χ1v) is 6.89. The van der Waals surface area contributed by atoms with E-state index in [0.29, 0.717) is 34.1 Å². The average molecular weight is 292 g/mol. The second-order valence-electron chi connectivity index (χ2n) is 5.16. The second kappa shape index (κ2) is 5.46. The number of hydrogen-bond acceptors (Lipinski definition) is 4. The standard InChI is InChI=1S/C15H17FN2O3/c1-21-8-18-12-6-9(7-19)5-11(16)13(12)14-10(15(18)20)3-2-4-17-14/h5-6,17,19H,2-4,7-8H2,1H3. The molecule has 0 saturated heterocycles. The van der Waals surface area contributed by atoms with Crippen LogP contribution in [-0.4, -0.2) is 23.3 Å². The number of aliphatic hydroxyl groups is 1. The fraction of sp³-hybridized carbons (Fsp3) is 0.400. The molecule has 0 spiro atoms. The van der Waals surface area contributed by atoms with Gasteiger partial charge in [0, 0.05) is 19.2 Å². The van der Waals surface area contributed by atoms with Gasteiger partial charge in [0.05, 0.1) is 23.2 Å². The molecule has 0 radical (unpaired) electrons. The van der Waals surface area contributed by atoms with Crippen LogP contribution < -0.4 is 10.9 Å². The van der Waals surface area contributed by atoms with E-state index in [1.807, 2.05) is 0 Å². The molecule has 21 heavy (non-hydrogen) atoms. The van der Waals surface area contributed by atoms with Crippen molar-refractivity contribution in [2.75, 3.05) is 19.0 Å². The lowest BCUT2D eigenvalue weighted by Gasteiger charge is -2.22. The van der Waals surface area contributed by atoms with Crippen LogP contribution in [0.2, 0.25) is 0 Å². The van der Waals surface area contributed by atoms with Gasteiger partial charge in [0.2, 0.25) is 0 Å². The van der Waals surface area contributed by atoms with Crippen LogP contribution in [0.25, 0.3) is 10.9 Å². The monoisotopic (exact) mass is 292 g/mol. The zero-order valence-corrected chi connectivity index (χ0v) is 11.8. The number of benzene rings is 1. The van der Waals surface area contributed by atoms with Crippen molar-refractivity contribution in [1.29, 1.82) is 0 Å². The molecule has 0 amide bonds. The first-order chi connectivity index (χ1) is 10.2. The molecule has 0 atom stereocenters. The van der Waals surface area contributed by atoms with Gasteiger partial charge in [-0.2, -0.15) is 0 Å². The largest absolute Gasteiger partial charge is 0.392 e. The summed E-state index contributed by atoms with van der Waals surface area (Å²) >= 11 is 0. The van der Waals surface area contributed by atoms with Crippen molar-refractivity contribution in [2.45, 2.75) is 26.2 Å². The molecule has 1 aliphatic rings. The maximum atomic E-state index is 14.5. The third-order valence-electron chi connectivity index (χ3n) is 3.82. The van der Waals surface area contributed by atoms with E-state index < -0.39 is 5.82 Å². The molecule has 0 bridgehead atoms. The lowest BCUT2D eigenvalue weighted by atomic mass is 9.99. The Labute approximate surface area is 121 Å². The summed E-state index contributed by atoms with van der Waals surface area (Å²) < 4.78 is 21.0. The van der Waals surface area contributed by atoms with Gasteiger partial charge in [-0.3, -0.25) is 9.36 Å². The normalized spacial score (nSPS) is 14.0. The van der Waals surface area contributed by atoms with Crippen LogP contribution in [0.3, 0.4) is 0 Å². The summed E-state index contributed by atoms with van der Waals surface area (Å²) in [5.74, 6) is -0.438. The molecule has 2 N–H and O–H groups in total. The summed E-state index contributed by atoms with van der Waals surface area (Å²) in [5, 5.41) is 12.8. The summed E-state index contributed by atoms with van der Waals surface area (Å²) in [7, 11) is 1.49. The molecular weight excluding hydrogens is 275 g/mol. The SMILES string of the molecule is COCn1c(=O)c2c(c3c(F)cc(CO)cc31)NCCC2. The van der Waals surface area contributed by atoms with Crippen molar-refractivity contribution in [2.24, 2.45) is 0 Å². The zero-order valence-electron chi connectivity index (χ0n) is 11.8. The van der Waals surface area contributed by atoms with Crippen molar-refractivity contribution < 1.29 is 14.2 Å². The minimum absolute atomic E-state index is 0.0525. The number of nitrogens with zero attached hydrogens (tertiary/aromatic N) is 1.